The highest BCUT2D eigenvalue weighted by Crippen LogP contribution is 2.37. The molecule has 0 saturated carbocycles. The second kappa shape index (κ2) is 9.05. The average molecular weight is 462 g/mol. The van der Waals surface area contributed by atoms with E-state index in [2.05, 4.69) is 20.4 Å². The maximum absolute atomic E-state index is 14.3. The Morgan fingerprint density at radius 2 is 2.03 bits per heavy atom. The van der Waals surface area contributed by atoms with Gasteiger partial charge >= 0.3 is 0 Å². The van der Waals surface area contributed by atoms with Crippen molar-refractivity contribution >= 4 is 5.91 Å². The first-order chi connectivity index (χ1) is 16.6. The third-order valence-electron chi connectivity index (χ3n) is 5.74. The Balaban J connectivity index is 1.47. The van der Waals surface area contributed by atoms with E-state index in [1.54, 1.807) is 36.4 Å². The summed E-state index contributed by atoms with van der Waals surface area (Å²) in [5.74, 6) is -0.154. The molecule has 9 nitrogen and oxygen atoms in total. The minimum Gasteiger partial charge on any atom is -0.490 e. The third kappa shape index (κ3) is 3.91. The van der Waals surface area contributed by atoms with Crippen LogP contribution in [0.1, 0.15) is 47.6 Å². The number of likely N-dealkylation sites (tertiary alicyclic amines) is 1. The smallest absolute Gasteiger partial charge is 0.256 e. The van der Waals surface area contributed by atoms with E-state index < -0.39 is 11.9 Å². The fraction of sp³-hybridized carbons (Fsp3) is 0.292. The van der Waals surface area contributed by atoms with Crippen LogP contribution in [-0.4, -0.2) is 49.1 Å². The van der Waals surface area contributed by atoms with E-state index >= 15 is 0 Å². The molecular weight excluding hydrogens is 439 g/mol. The number of para-hydroxylation sites is 1. The zero-order valence-electron chi connectivity index (χ0n) is 18.8. The molecule has 10 heteroatoms. The van der Waals surface area contributed by atoms with Crippen molar-refractivity contribution in [2.24, 2.45) is 0 Å². The zero-order chi connectivity index (χ0) is 23.7. The van der Waals surface area contributed by atoms with Crippen LogP contribution in [0.5, 0.6) is 5.75 Å². The monoisotopic (exact) mass is 462 g/mol. The molecule has 0 aliphatic carbocycles. The van der Waals surface area contributed by atoms with Gasteiger partial charge in [0.15, 0.2) is 11.6 Å². The van der Waals surface area contributed by atoms with E-state index in [-0.39, 0.29) is 17.5 Å². The van der Waals surface area contributed by atoms with Crippen LogP contribution < -0.4 is 4.74 Å². The van der Waals surface area contributed by atoms with Gasteiger partial charge in [0.25, 0.3) is 11.8 Å². The first-order valence-corrected chi connectivity index (χ1v) is 11.1. The van der Waals surface area contributed by atoms with Crippen LogP contribution in [0.4, 0.5) is 4.39 Å². The second-order valence-corrected chi connectivity index (χ2v) is 7.99. The Morgan fingerprint density at radius 1 is 1.21 bits per heavy atom. The number of benzene rings is 2. The molecule has 174 valence electrons. The minimum atomic E-state index is -0.504. The predicted octanol–water partition coefficient (Wildman–Crippen LogP) is 4.14. The molecule has 4 aromatic rings. The van der Waals surface area contributed by atoms with E-state index in [0.717, 1.165) is 12.0 Å². The average Bonchev–Trinajstić information content (AvgIpc) is 3.61. The molecule has 2 aromatic carbocycles. The molecule has 1 unspecified atom stereocenters. The lowest BCUT2D eigenvalue weighted by molar-refractivity contribution is 0.0715. The van der Waals surface area contributed by atoms with Gasteiger partial charge in [-0.05, 0) is 51.0 Å². The molecular formula is C24H23FN6O3. The lowest BCUT2D eigenvalue weighted by atomic mass is 10.1. The SMILES string of the molecule is CCOc1c(F)cccc1-c1nnc(C2CCCN2C(=O)c2cc(C)ccc2-n2nccn2)o1. The van der Waals surface area contributed by atoms with Crippen molar-refractivity contribution in [1.82, 2.24) is 30.1 Å². The van der Waals surface area contributed by atoms with Crippen molar-refractivity contribution in [1.29, 1.82) is 0 Å². The van der Waals surface area contributed by atoms with Gasteiger partial charge in [-0.2, -0.15) is 15.0 Å². The van der Waals surface area contributed by atoms with Crippen LogP contribution >= 0.6 is 0 Å². The Hall–Kier alpha value is -4.08. The van der Waals surface area contributed by atoms with Gasteiger partial charge in [-0.3, -0.25) is 4.79 Å². The summed E-state index contributed by atoms with van der Waals surface area (Å²) >= 11 is 0. The van der Waals surface area contributed by atoms with Gasteiger partial charge in [-0.1, -0.05) is 17.7 Å². The van der Waals surface area contributed by atoms with Gasteiger partial charge in [0, 0.05) is 6.54 Å². The molecule has 1 atom stereocenters. The van der Waals surface area contributed by atoms with Crippen LogP contribution in [0.15, 0.2) is 53.2 Å². The van der Waals surface area contributed by atoms with Crippen LogP contribution in [0.3, 0.4) is 0 Å². The molecule has 1 saturated heterocycles. The number of amides is 1. The number of hydrogen-bond acceptors (Lipinski definition) is 7. The van der Waals surface area contributed by atoms with Crippen LogP contribution in [0.25, 0.3) is 17.1 Å². The maximum atomic E-state index is 14.3. The van der Waals surface area contributed by atoms with Crippen molar-refractivity contribution in [3.05, 3.63) is 71.6 Å². The van der Waals surface area contributed by atoms with Gasteiger partial charge in [0.1, 0.15) is 6.04 Å². The number of nitrogens with zero attached hydrogens (tertiary/aromatic N) is 6. The van der Waals surface area contributed by atoms with Gasteiger partial charge < -0.3 is 14.1 Å². The predicted molar refractivity (Wildman–Crippen MR) is 120 cm³/mol. The van der Waals surface area contributed by atoms with Gasteiger partial charge in [0.2, 0.25) is 5.89 Å². The first-order valence-electron chi connectivity index (χ1n) is 11.1. The summed E-state index contributed by atoms with van der Waals surface area (Å²) in [6.45, 7) is 4.54. The van der Waals surface area contributed by atoms with Crippen LogP contribution in [0.2, 0.25) is 0 Å². The summed E-state index contributed by atoms with van der Waals surface area (Å²) < 4.78 is 25.7. The normalized spacial score (nSPS) is 15.6. The molecule has 34 heavy (non-hydrogen) atoms. The Kier molecular flexibility index (Phi) is 5.79. The Labute approximate surface area is 195 Å². The third-order valence-corrected chi connectivity index (χ3v) is 5.74. The van der Waals surface area contributed by atoms with Gasteiger partial charge in [-0.15, -0.1) is 10.2 Å². The van der Waals surface area contributed by atoms with E-state index in [4.69, 9.17) is 9.15 Å². The number of hydrogen-bond donors (Lipinski definition) is 0. The molecule has 5 rings (SSSR count). The zero-order valence-corrected chi connectivity index (χ0v) is 18.8. The summed E-state index contributed by atoms with van der Waals surface area (Å²) in [6.07, 6.45) is 4.60. The standard InChI is InChI=1S/C24H23FN6O3/c1-3-33-21-16(6-4-7-18(21)25)22-28-29-23(34-22)20-8-5-13-30(20)24(32)17-14-15(2)9-10-19(17)31-26-11-12-27-31/h4,6-7,9-12,14,20H,3,5,8,13H2,1-2H3. The summed E-state index contributed by atoms with van der Waals surface area (Å²) in [4.78, 5) is 16.8. The quantitative estimate of drug-likeness (QED) is 0.425. The highest BCUT2D eigenvalue weighted by atomic mass is 19.1. The molecule has 3 heterocycles. The lowest BCUT2D eigenvalue weighted by Crippen LogP contribution is -2.31. The fourth-order valence-corrected chi connectivity index (χ4v) is 4.20. The van der Waals surface area contributed by atoms with E-state index in [1.807, 2.05) is 25.1 Å². The number of aryl methyl sites for hydroxylation is 1. The number of carbonyl (C=O) groups excluding carboxylic acids is 1. The van der Waals surface area contributed by atoms with Crippen molar-refractivity contribution in [3.63, 3.8) is 0 Å². The highest BCUT2D eigenvalue weighted by molar-refractivity contribution is 5.98. The summed E-state index contributed by atoms with van der Waals surface area (Å²) in [5, 5.41) is 16.7. The molecule has 1 amide bonds. The molecule has 1 aliphatic heterocycles. The number of halogens is 1. The van der Waals surface area contributed by atoms with Crippen molar-refractivity contribution < 1.29 is 18.3 Å². The minimum absolute atomic E-state index is 0.0654. The van der Waals surface area contributed by atoms with Gasteiger partial charge in [-0.25, -0.2) is 4.39 Å². The topological polar surface area (TPSA) is 99.2 Å². The fourth-order valence-electron chi connectivity index (χ4n) is 4.20. The van der Waals surface area contributed by atoms with Crippen molar-refractivity contribution in [2.75, 3.05) is 13.2 Å². The summed E-state index contributed by atoms with van der Waals surface area (Å²) in [6, 6.07) is 9.72. The van der Waals surface area contributed by atoms with Crippen molar-refractivity contribution in [2.45, 2.75) is 32.7 Å². The summed E-state index contributed by atoms with van der Waals surface area (Å²) in [7, 11) is 0. The molecule has 1 fully saturated rings. The van der Waals surface area contributed by atoms with Crippen LogP contribution in [0, 0.1) is 12.7 Å². The lowest BCUT2D eigenvalue weighted by Gasteiger charge is -2.23. The number of ether oxygens (including phenoxy) is 1. The molecule has 0 spiro atoms. The number of aromatic nitrogens is 5. The Morgan fingerprint density at radius 3 is 2.82 bits per heavy atom. The number of rotatable bonds is 6. The molecule has 1 aliphatic rings. The maximum Gasteiger partial charge on any atom is 0.256 e. The molecule has 2 aromatic heterocycles. The van der Waals surface area contributed by atoms with E-state index in [0.29, 0.717) is 42.3 Å². The Bertz CT molecular complexity index is 1320. The molecule has 0 radical (unpaired) electrons. The highest BCUT2D eigenvalue weighted by Gasteiger charge is 2.36. The van der Waals surface area contributed by atoms with E-state index in [9.17, 15) is 9.18 Å². The molecule has 0 N–H and O–H groups in total. The second-order valence-electron chi connectivity index (χ2n) is 7.99. The van der Waals surface area contributed by atoms with Gasteiger partial charge in [0.05, 0.1) is 35.8 Å². The number of carbonyl (C=O) groups is 1. The largest absolute Gasteiger partial charge is 0.490 e. The van der Waals surface area contributed by atoms with Crippen LogP contribution in [-0.2, 0) is 0 Å². The molecule has 0 bridgehead atoms. The summed E-state index contributed by atoms with van der Waals surface area (Å²) in [5.41, 5.74) is 2.41. The van der Waals surface area contributed by atoms with E-state index in [1.165, 1.54) is 10.9 Å². The van der Waals surface area contributed by atoms with Crippen molar-refractivity contribution in [3.8, 4) is 22.9 Å². The first kappa shape index (κ1) is 21.7.